The molecule has 0 unspecified atom stereocenters. The summed E-state index contributed by atoms with van der Waals surface area (Å²) in [5, 5.41) is 3.72. The molecule has 4 nitrogen and oxygen atoms in total. The van der Waals surface area contributed by atoms with Gasteiger partial charge in [0.25, 0.3) is 0 Å². The highest BCUT2D eigenvalue weighted by Gasteiger charge is 2.14. The van der Waals surface area contributed by atoms with Crippen molar-refractivity contribution in [2.45, 2.75) is 19.7 Å². The average molecular weight is 416 g/mol. The van der Waals surface area contributed by atoms with Crippen LogP contribution in [0.15, 0.2) is 60.7 Å². The van der Waals surface area contributed by atoms with Gasteiger partial charge in [0.05, 0.1) is 19.2 Å². The van der Waals surface area contributed by atoms with Gasteiger partial charge in [-0.2, -0.15) is 0 Å². The number of nitrogens with one attached hydrogen (secondary N) is 1. The highest BCUT2D eigenvalue weighted by atomic mass is 35.5. The van der Waals surface area contributed by atoms with Crippen LogP contribution in [0, 0.1) is 5.82 Å². The molecule has 0 saturated carbocycles. The van der Waals surface area contributed by atoms with Crippen LogP contribution in [0.5, 0.6) is 17.2 Å². The third-order valence-electron chi connectivity index (χ3n) is 4.51. The summed E-state index contributed by atoms with van der Waals surface area (Å²) in [7, 11) is 3.22. The maximum absolute atomic E-state index is 14.1. The van der Waals surface area contributed by atoms with Gasteiger partial charge in [-0.25, -0.2) is 4.39 Å². The number of methoxy groups -OCH3 is 2. The first-order valence-corrected chi connectivity index (χ1v) is 9.55. The van der Waals surface area contributed by atoms with Gasteiger partial charge in [0.1, 0.15) is 18.2 Å². The van der Waals surface area contributed by atoms with Gasteiger partial charge in [-0.1, -0.05) is 41.9 Å². The zero-order valence-electron chi connectivity index (χ0n) is 16.4. The van der Waals surface area contributed by atoms with Crippen molar-refractivity contribution in [3.8, 4) is 17.2 Å². The Kier molecular flexibility index (Phi) is 7.33. The molecule has 3 aromatic rings. The van der Waals surface area contributed by atoms with Crippen LogP contribution in [-0.4, -0.2) is 14.2 Å². The minimum absolute atomic E-state index is 0.0113. The molecule has 0 aliphatic heterocycles. The van der Waals surface area contributed by atoms with E-state index in [1.807, 2.05) is 42.5 Å². The highest BCUT2D eigenvalue weighted by molar-refractivity contribution is 6.31. The van der Waals surface area contributed by atoms with Crippen molar-refractivity contribution in [2.75, 3.05) is 14.2 Å². The predicted octanol–water partition coefficient (Wildman–Crippen LogP) is 5.37. The van der Waals surface area contributed by atoms with E-state index in [0.29, 0.717) is 35.2 Å². The van der Waals surface area contributed by atoms with Crippen LogP contribution in [0.2, 0.25) is 5.02 Å². The van der Waals surface area contributed by atoms with E-state index in [2.05, 4.69) is 5.32 Å². The van der Waals surface area contributed by atoms with Crippen LogP contribution in [0.1, 0.15) is 16.7 Å². The number of hydrogen-bond acceptors (Lipinski definition) is 4. The quantitative estimate of drug-likeness (QED) is 0.510. The Hall–Kier alpha value is -2.76. The van der Waals surface area contributed by atoms with Crippen LogP contribution < -0.4 is 19.5 Å². The van der Waals surface area contributed by atoms with Crippen LogP contribution in [0.3, 0.4) is 0 Å². The Morgan fingerprint density at radius 3 is 2.34 bits per heavy atom. The van der Waals surface area contributed by atoms with Crippen molar-refractivity contribution in [1.29, 1.82) is 0 Å². The van der Waals surface area contributed by atoms with E-state index >= 15 is 0 Å². The maximum Gasteiger partial charge on any atom is 0.166 e. The molecule has 0 heterocycles. The van der Waals surface area contributed by atoms with E-state index in [9.17, 15) is 4.39 Å². The summed E-state index contributed by atoms with van der Waals surface area (Å²) in [5.41, 5.74) is 2.36. The summed E-state index contributed by atoms with van der Waals surface area (Å²) in [6.07, 6.45) is 0. The van der Waals surface area contributed by atoms with Crippen molar-refractivity contribution >= 4 is 11.6 Å². The van der Waals surface area contributed by atoms with Crippen LogP contribution in [0.25, 0.3) is 0 Å². The standard InChI is InChI=1S/C23H23ClFNO3/c1-27-18-11-9-16(10-12-18)13-26-14-17-5-3-8-22(28-2)23(17)29-15-19-20(24)6-4-7-21(19)25/h3-12,26H,13-15H2,1-2H3. The van der Waals surface area contributed by atoms with Crippen LogP contribution in [-0.2, 0) is 19.7 Å². The number of para-hydroxylation sites is 1. The molecule has 0 atom stereocenters. The van der Waals surface area contributed by atoms with E-state index < -0.39 is 5.82 Å². The molecule has 0 saturated heterocycles. The van der Waals surface area contributed by atoms with Gasteiger partial charge in [0, 0.05) is 24.2 Å². The monoisotopic (exact) mass is 415 g/mol. The van der Waals surface area contributed by atoms with Gasteiger partial charge in [0.2, 0.25) is 0 Å². The first kappa shape index (κ1) is 21.0. The van der Waals surface area contributed by atoms with E-state index in [1.165, 1.54) is 6.07 Å². The smallest absolute Gasteiger partial charge is 0.166 e. The average Bonchev–Trinajstić information content (AvgIpc) is 2.74. The summed E-state index contributed by atoms with van der Waals surface area (Å²) >= 11 is 6.11. The summed E-state index contributed by atoms with van der Waals surface area (Å²) in [4.78, 5) is 0. The van der Waals surface area contributed by atoms with Crippen molar-refractivity contribution in [2.24, 2.45) is 0 Å². The van der Waals surface area contributed by atoms with Gasteiger partial charge in [-0.3, -0.25) is 0 Å². The molecule has 0 radical (unpaired) electrons. The first-order valence-electron chi connectivity index (χ1n) is 9.17. The van der Waals surface area contributed by atoms with Crippen molar-refractivity contribution in [1.82, 2.24) is 5.32 Å². The van der Waals surface area contributed by atoms with Gasteiger partial charge in [-0.05, 0) is 35.9 Å². The molecular formula is C23H23ClFNO3. The fourth-order valence-corrected chi connectivity index (χ4v) is 3.14. The molecule has 1 N–H and O–H groups in total. The molecule has 0 aromatic heterocycles. The second-order valence-corrected chi connectivity index (χ2v) is 6.80. The first-order chi connectivity index (χ1) is 14.1. The lowest BCUT2D eigenvalue weighted by atomic mass is 10.1. The molecule has 0 aliphatic rings. The Morgan fingerprint density at radius 1 is 0.897 bits per heavy atom. The van der Waals surface area contributed by atoms with Crippen molar-refractivity contribution < 1.29 is 18.6 Å². The summed E-state index contributed by atoms with van der Waals surface area (Å²) < 4.78 is 30.6. The van der Waals surface area contributed by atoms with Gasteiger partial charge in [-0.15, -0.1) is 0 Å². The molecule has 0 amide bonds. The normalized spacial score (nSPS) is 10.6. The zero-order chi connectivity index (χ0) is 20.6. The predicted molar refractivity (Wildman–Crippen MR) is 112 cm³/mol. The molecule has 29 heavy (non-hydrogen) atoms. The lowest BCUT2D eigenvalue weighted by Crippen LogP contribution is -2.14. The van der Waals surface area contributed by atoms with E-state index in [0.717, 1.165) is 16.9 Å². The maximum atomic E-state index is 14.1. The van der Waals surface area contributed by atoms with Gasteiger partial charge in [0.15, 0.2) is 11.5 Å². The van der Waals surface area contributed by atoms with Crippen LogP contribution in [0.4, 0.5) is 4.39 Å². The van der Waals surface area contributed by atoms with Crippen molar-refractivity contribution in [3.63, 3.8) is 0 Å². The minimum atomic E-state index is -0.397. The summed E-state index contributed by atoms with van der Waals surface area (Å²) in [6.45, 7) is 1.25. The molecule has 152 valence electrons. The zero-order valence-corrected chi connectivity index (χ0v) is 17.1. The number of ether oxygens (including phenoxy) is 3. The van der Waals surface area contributed by atoms with Gasteiger partial charge >= 0.3 is 0 Å². The SMILES string of the molecule is COc1ccc(CNCc2cccc(OC)c2OCc2c(F)cccc2Cl)cc1. The second-order valence-electron chi connectivity index (χ2n) is 6.39. The lowest BCUT2D eigenvalue weighted by Gasteiger charge is -2.16. The Morgan fingerprint density at radius 2 is 1.66 bits per heavy atom. The van der Waals surface area contributed by atoms with E-state index in [4.69, 9.17) is 25.8 Å². The van der Waals surface area contributed by atoms with Crippen molar-refractivity contribution in [3.05, 3.63) is 88.2 Å². The minimum Gasteiger partial charge on any atom is -0.497 e. The topological polar surface area (TPSA) is 39.7 Å². The third-order valence-corrected chi connectivity index (χ3v) is 4.86. The largest absolute Gasteiger partial charge is 0.497 e. The Labute approximate surface area is 175 Å². The van der Waals surface area contributed by atoms with Crippen LogP contribution >= 0.6 is 11.6 Å². The molecule has 3 rings (SSSR count). The molecule has 0 fully saturated rings. The summed E-state index contributed by atoms with van der Waals surface area (Å²) in [6, 6.07) is 18.1. The Bertz CT molecular complexity index is 927. The molecular weight excluding hydrogens is 393 g/mol. The Balaban J connectivity index is 1.70. The third kappa shape index (κ3) is 5.40. The van der Waals surface area contributed by atoms with E-state index in [1.54, 1.807) is 26.4 Å². The number of hydrogen-bond donors (Lipinski definition) is 1. The van der Waals surface area contributed by atoms with E-state index in [-0.39, 0.29) is 6.61 Å². The second kappa shape index (κ2) is 10.1. The molecule has 0 bridgehead atoms. The number of halogens is 2. The molecule has 0 aliphatic carbocycles. The summed E-state index contributed by atoms with van der Waals surface area (Å²) in [5.74, 6) is 1.58. The fourth-order valence-electron chi connectivity index (χ4n) is 2.92. The fraction of sp³-hybridized carbons (Fsp3) is 0.217. The lowest BCUT2D eigenvalue weighted by molar-refractivity contribution is 0.276. The molecule has 3 aromatic carbocycles. The number of benzene rings is 3. The highest BCUT2D eigenvalue weighted by Crippen LogP contribution is 2.33. The number of rotatable bonds is 9. The molecule has 6 heteroatoms. The van der Waals surface area contributed by atoms with Gasteiger partial charge < -0.3 is 19.5 Å². The molecule has 0 spiro atoms.